The first-order valence-electron chi connectivity index (χ1n) is 8.63. The van der Waals surface area contributed by atoms with E-state index < -0.39 is 6.09 Å². The zero-order valence-electron chi connectivity index (χ0n) is 15.3. The van der Waals surface area contributed by atoms with Crippen molar-refractivity contribution in [3.63, 3.8) is 0 Å². The van der Waals surface area contributed by atoms with E-state index >= 15 is 0 Å². The highest BCUT2D eigenvalue weighted by atomic mass is 35.5. The number of fused-ring (bicyclic) bond motifs is 3. The van der Waals surface area contributed by atoms with Crippen LogP contribution in [0.25, 0.3) is 21.9 Å². The van der Waals surface area contributed by atoms with E-state index in [0.717, 1.165) is 27.8 Å². The highest BCUT2D eigenvalue weighted by molar-refractivity contribution is 6.17. The number of hydrogen-bond acceptors (Lipinski definition) is 4. The molecule has 0 radical (unpaired) electrons. The minimum atomic E-state index is -0.403. The van der Waals surface area contributed by atoms with Crippen molar-refractivity contribution in [2.45, 2.75) is 45.2 Å². The molecule has 0 saturated carbocycles. The average Bonchev–Trinajstić information content (AvgIpc) is 2.95. The normalized spacial score (nSPS) is 11.8. The van der Waals surface area contributed by atoms with Crippen LogP contribution in [0.15, 0.2) is 30.5 Å². The molecule has 0 bridgehead atoms. The molecule has 0 fully saturated rings. The minimum absolute atomic E-state index is 0.310. The number of hydrogen-bond donors (Lipinski definition) is 1. The second kappa shape index (κ2) is 7.50. The summed E-state index contributed by atoms with van der Waals surface area (Å²) in [5.74, 6) is 1.10. The lowest BCUT2D eigenvalue weighted by Crippen LogP contribution is -2.41. The number of aryl methyl sites for hydroxylation is 1. The molecular weight excluding hydrogens is 352 g/mol. The number of ether oxygens (including phenoxy) is 1. The number of rotatable bonds is 5. The zero-order chi connectivity index (χ0) is 18.7. The Morgan fingerprint density at radius 1 is 1.27 bits per heavy atom. The fraction of sp³-hybridized carbons (Fsp3) is 0.421. The molecule has 3 aromatic rings. The predicted molar refractivity (Wildman–Crippen MR) is 103 cm³/mol. The van der Waals surface area contributed by atoms with E-state index in [-0.39, 0.29) is 5.54 Å². The van der Waals surface area contributed by atoms with Crippen molar-refractivity contribution < 1.29 is 9.53 Å². The smallest absolute Gasteiger partial charge is 0.407 e. The summed E-state index contributed by atoms with van der Waals surface area (Å²) in [7, 11) is 0. The molecule has 0 aliphatic heterocycles. The third-order valence-electron chi connectivity index (χ3n) is 3.91. The number of carbonyl (C=O) groups is 1. The molecule has 0 spiro atoms. The van der Waals surface area contributed by atoms with Gasteiger partial charge < -0.3 is 14.6 Å². The van der Waals surface area contributed by atoms with Crippen LogP contribution in [0.2, 0.25) is 0 Å². The minimum Gasteiger partial charge on any atom is -0.449 e. The molecular formula is C19H23ClN4O2. The summed E-state index contributed by atoms with van der Waals surface area (Å²) >= 11 is 6.09. The topological polar surface area (TPSA) is 69.0 Å². The molecule has 138 valence electrons. The van der Waals surface area contributed by atoms with E-state index in [1.807, 2.05) is 45.0 Å². The fourth-order valence-electron chi connectivity index (χ4n) is 2.88. The summed E-state index contributed by atoms with van der Waals surface area (Å²) in [6.07, 6.45) is 2.04. The number of amides is 1. The first-order chi connectivity index (χ1) is 12.4. The summed E-state index contributed by atoms with van der Waals surface area (Å²) in [6, 6.07) is 7.97. The third kappa shape index (κ3) is 4.07. The zero-order valence-corrected chi connectivity index (χ0v) is 16.0. The van der Waals surface area contributed by atoms with Gasteiger partial charge >= 0.3 is 6.09 Å². The van der Waals surface area contributed by atoms with Crippen LogP contribution < -0.4 is 5.32 Å². The van der Waals surface area contributed by atoms with Crippen molar-refractivity contribution in [3.8, 4) is 0 Å². The fourth-order valence-corrected chi connectivity index (χ4v) is 3.09. The van der Waals surface area contributed by atoms with Crippen LogP contribution in [-0.4, -0.2) is 32.8 Å². The van der Waals surface area contributed by atoms with E-state index in [2.05, 4.69) is 19.9 Å². The summed E-state index contributed by atoms with van der Waals surface area (Å²) in [4.78, 5) is 20.8. The highest BCUT2D eigenvalue weighted by Crippen LogP contribution is 2.25. The standard InChI is InChI=1S/C19H23ClN4O2/c1-19(2,3)23-18(25)26-10-6-9-24-16(11-20)22-15-12-21-14-8-5-4-7-13(14)17(15)24/h4-5,7-8,12H,6,9-11H2,1-3H3,(H,23,25). The summed E-state index contributed by atoms with van der Waals surface area (Å²) < 4.78 is 7.35. The molecule has 26 heavy (non-hydrogen) atoms. The Labute approximate surface area is 157 Å². The van der Waals surface area contributed by atoms with E-state index in [9.17, 15) is 4.79 Å². The largest absolute Gasteiger partial charge is 0.449 e. The second-order valence-electron chi connectivity index (χ2n) is 7.19. The van der Waals surface area contributed by atoms with Crippen LogP contribution in [-0.2, 0) is 17.2 Å². The Morgan fingerprint density at radius 3 is 2.77 bits per heavy atom. The van der Waals surface area contributed by atoms with Gasteiger partial charge in [-0.2, -0.15) is 0 Å². The van der Waals surface area contributed by atoms with Gasteiger partial charge in [0.2, 0.25) is 0 Å². The van der Waals surface area contributed by atoms with Crippen molar-refractivity contribution in [2.24, 2.45) is 0 Å². The van der Waals surface area contributed by atoms with Crippen molar-refractivity contribution in [2.75, 3.05) is 6.61 Å². The van der Waals surface area contributed by atoms with Gasteiger partial charge in [-0.25, -0.2) is 9.78 Å². The average molecular weight is 375 g/mol. The lowest BCUT2D eigenvalue weighted by atomic mass is 10.1. The van der Waals surface area contributed by atoms with Crippen LogP contribution >= 0.6 is 11.6 Å². The van der Waals surface area contributed by atoms with Gasteiger partial charge in [0, 0.05) is 17.5 Å². The molecule has 0 aliphatic rings. The van der Waals surface area contributed by atoms with Gasteiger partial charge in [0.25, 0.3) is 0 Å². The van der Waals surface area contributed by atoms with Crippen molar-refractivity contribution in [3.05, 3.63) is 36.3 Å². The Bertz CT molecular complexity index is 930. The van der Waals surface area contributed by atoms with Crippen LogP contribution in [0.5, 0.6) is 0 Å². The van der Waals surface area contributed by atoms with Crippen LogP contribution in [0, 0.1) is 0 Å². The number of alkyl carbamates (subject to hydrolysis) is 1. The monoisotopic (exact) mass is 374 g/mol. The number of nitrogens with zero attached hydrogens (tertiary/aromatic N) is 3. The van der Waals surface area contributed by atoms with E-state index in [1.165, 1.54) is 0 Å². The van der Waals surface area contributed by atoms with Crippen molar-refractivity contribution in [1.82, 2.24) is 19.9 Å². The van der Waals surface area contributed by atoms with Crippen LogP contribution in [0.4, 0.5) is 4.79 Å². The Balaban J connectivity index is 1.77. The number of pyridine rings is 1. The van der Waals surface area contributed by atoms with Gasteiger partial charge in [-0.05, 0) is 33.3 Å². The Kier molecular flexibility index (Phi) is 5.32. The number of benzene rings is 1. The van der Waals surface area contributed by atoms with Crippen LogP contribution in [0.1, 0.15) is 33.0 Å². The van der Waals surface area contributed by atoms with Crippen molar-refractivity contribution in [1.29, 1.82) is 0 Å². The maximum Gasteiger partial charge on any atom is 0.407 e. The molecule has 0 saturated heterocycles. The van der Waals surface area contributed by atoms with Gasteiger partial charge in [0.15, 0.2) is 0 Å². The number of imidazole rings is 1. The number of carbonyl (C=O) groups excluding carboxylic acids is 1. The maximum atomic E-state index is 11.7. The molecule has 0 unspecified atom stereocenters. The molecule has 2 aromatic heterocycles. The van der Waals surface area contributed by atoms with Crippen LogP contribution in [0.3, 0.4) is 0 Å². The summed E-state index contributed by atoms with van der Waals surface area (Å²) in [5, 5.41) is 3.82. The van der Waals surface area contributed by atoms with E-state index in [1.54, 1.807) is 6.20 Å². The van der Waals surface area contributed by atoms with Crippen molar-refractivity contribution >= 4 is 39.6 Å². The lowest BCUT2D eigenvalue weighted by Gasteiger charge is -2.20. The van der Waals surface area contributed by atoms with E-state index in [4.69, 9.17) is 16.3 Å². The first-order valence-corrected chi connectivity index (χ1v) is 9.16. The van der Waals surface area contributed by atoms with Gasteiger partial charge in [0.1, 0.15) is 11.3 Å². The first kappa shape index (κ1) is 18.5. The molecule has 0 aliphatic carbocycles. The Morgan fingerprint density at radius 2 is 2.04 bits per heavy atom. The molecule has 1 aromatic carbocycles. The quantitative estimate of drug-likeness (QED) is 0.535. The molecule has 1 N–H and O–H groups in total. The third-order valence-corrected chi connectivity index (χ3v) is 4.15. The lowest BCUT2D eigenvalue weighted by molar-refractivity contribution is 0.135. The number of para-hydroxylation sites is 1. The highest BCUT2D eigenvalue weighted by Gasteiger charge is 2.16. The van der Waals surface area contributed by atoms with Gasteiger partial charge in [-0.1, -0.05) is 18.2 Å². The van der Waals surface area contributed by atoms with E-state index in [0.29, 0.717) is 25.5 Å². The molecule has 0 atom stereocenters. The van der Waals surface area contributed by atoms with Gasteiger partial charge in [0.05, 0.1) is 29.7 Å². The molecule has 3 rings (SSSR count). The second-order valence-corrected chi connectivity index (χ2v) is 7.45. The summed E-state index contributed by atoms with van der Waals surface area (Å²) in [5.41, 5.74) is 2.45. The number of halogens is 1. The Hall–Kier alpha value is -2.34. The number of nitrogens with one attached hydrogen (secondary N) is 1. The SMILES string of the molecule is CC(C)(C)NC(=O)OCCCn1c(CCl)nc2cnc3ccccc3c21. The molecule has 1 amide bonds. The predicted octanol–water partition coefficient (Wildman–Crippen LogP) is 4.24. The number of aromatic nitrogens is 3. The number of alkyl halides is 1. The maximum absolute atomic E-state index is 11.7. The van der Waals surface area contributed by atoms with Gasteiger partial charge in [-0.3, -0.25) is 4.98 Å². The molecule has 2 heterocycles. The molecule has 7 heteroatoms. The van der Waals surface area contributed by atoms with Gasteiger partial charge in [-0.15, -0.1) is 11.6 Å². The summed E-state index contributed by atoms with van der Waals surface area (Å²) in [6.45, 7) is 6.73. The molecule has 6 nitrogen and oxygen atoms in total.